The molecular weight excluding hydrogens is 164 g/mol. The second-order valence-electron chi connectivity index (χ2n) is 3.18. The highest BCUT2D eigenvalue weighted by atomic mass is 16.3. The van der Waals surface area contributed by atoms with Crippen molar-refractivity contribution in [3.05, 3.63) is 23.9 Å². The van der Waals surface area contributed by atoms with Crippen molar-refractivity contribution in [2.45, 2.75) is 26.0 Å². The van der Waals surface area contributed by atoms with Crippen LogP contribution < -0.4 is 10.6 Å². The number of hydrogen-bond acceptors (Lipinski definition) is 3. The average molecular weight is 182 g/mol. The van der Waals surface area contributed by atoms with Gasteiger partial charge in [0.1, 0.15) is 5.72 Å². The van der Waals surface area contributed by atoms with Crippen molar-refractivity contribution in [2.75, 3.05) is 13.1 Å². The Morgan fingerprint density at radius 3 is 2.69 bits per heavy atom. The summed E-state index contributed by atoms with van der Waals surface area (Å²) in [6.07, 6.45) is 6.34. The van der Waals surface area contributed by atoms with Gasteiger partial charge in [0.2, 0.25) is 0 Å². The first kappa shape index (κ1) is 10.3. The Morgan fingerprint density at radius 1 is 1.46 bits per heavy atom. The summed E-state index contributed by atoms with van der Waals surface area (Å²) in [7, 11) is 0. The van der Waals surface area contributed by atoms with E-state index in [0.717, 1.165) is 18.8 Å². The van der Waals surface area contributed by atoms with Gasteiger partial charge in [0, 0.05) is 18.7 Å². The fourth-order valence-electron chi connectivity index (χ4n) is 1.40. The topological polar surface area (TPSA) is 44.3 Å². The lowest BCUT2D eigenvalue weighted by atomic mass is 10.0. The smallest absolute Gasteiger partial charge is 0.139 e. The zero-order chi connectivity index (χ0) is 9.73. The van der Waals surface area contributed by atoms with Crippen molar-refractivity contribution in [1.82, 2.24) is 10.6 Å². The van der Waals surface area contributed by atoms with E-state index < -0.39 is 5.72 Å². The van der Waals surface area contributed by atoms with Gasteiger partial charge in [-0.2, -0.15) is 0 Å². The van der Waals surface area contributed by atoms with Gasteiger partial charge in [-0.15, -0.1) is 0 Å². The Bertz CT molecular complexity index is 223. The molecule has 3 heteroatoms. The highest BCUT2D eigenvalue weighted by Gasteiger charge is 2.22. The third kappa shape index (κ3) is 2.86. The number of rotatable bonds is 4. The SMILES string of the molecule is CCNC1=CCC(O)(NCC)C=C1. The van der Waals surface area contributed by atoms with E-state index in [1.54, 1.807) is 6.08 Å². The highest BCUT2D eigenvalue weighted by molar-refractivity contribution is 5.25. The van der Waals surface area contributed by atoms with Crippen LogP contribution in [0.5, 0.6) is 0 Å². The molecule has 0 saturated heterocycles. The van der Waals surface area contributed by atoms with Crippen LogP contribution in [-0.4, -0.2) is 23.9 Å². The Labute approximate surface area is 79.5 Å². The largest absolute Gasteiger partial charge is 0.386 e. The summed E-state index contributed by atoms with van der Waals surface area (Å²) >= 11 is 0. The Morgan fingerprint density at radius 2 is 2.23 bits per heavy atom. The van der Waals surface area contributed by atoms with E-state index in [4.69, 9.17) is 0 Å². The first-order chi connectivity index (χ1) is 6.20. The lowest BCUT2D eigenvalue weighted by Crippen LogP contribution is -2.44. The van der Waals surface area contributed by atoms with Gasteiger partial charge in [-0.1, -0.05) is 13.0 Å². The van der Waals surface area contributed by atoms with Crippen molar-refractivity contribution in [3.63, 3.8) is 0 Å². The lowest BCUT2D eigenvalue weighted by Gasteiger charge is -2.27. The van der Waals surface area contributed by atoms with Crippen LogP contribution >= 0.6 is 0 Å². The maximum Gasteiger partial charge on any atom is 0.139 e. The van der Waals surface area contributed by atoms with E-state index in [1.807, 2.05) is 19.1 Å². The summed E-state index contributed by atoms with van der Waals surface area (Å²) in [6, 6.07) is 0. The molecule has 1 rings (SSSR count). The van der Waals surface area contributed by atoms with Crippen LogP contribution in [0.2, 0.25) is 0 Å². The van der Waals surface area contributed by atoms with Crippen LogP contribution in [0.4, 0.5) is 0 Å². The van der Waals surface area contributed by atoms with Crippen molar-refractivity contribution < 1.29 is 5.11 Å². The number of allylic oxidation sites excluding steroid dienone is 1. The molecule has 0 spiro atoms. The van der Waals surface area contributed by atoms with E-state index in [1.165, 1.54) is 0 Å². The predicted octanol–water partition coefficient (Wildman–Crippen LogP) is 0.738. The first-order valence-corrected chi connectivity index (χ1v) is 4.81. The van der Waals surface area contributed by atoms with Crippen molar-refractivity contribution in [3.8, 4) is 0 Å². The molecule has 1 unspecified atom stereocenters. The maximum absolute atomic E-state index is 9.89. The molecule has 13 heavy (non-hydrogen) atoms. The van der Waals surface area contributed by atoms with Crippen LogP contribution in [0.25, 0.3) is 0 Å². The van der Waals surface area contributed by atoms with Crippen molar-refractivity contribution in [2.24, 2.45) is 0 Å². The van der Waals surface area contributed by atoms with Gasteiger partial charge in [-0.3, -0.25) is 5.32 Å². The van der Waals surface area contributed by atoms with E-state index >= 15 is 0 Å². The minimum absolute atomic E-state index is 0.625. The van der Waals surface area contributed by atoms with Crippen LogP contribution in [0.1, 0.15) is 20.3 Å². The third-order valence-corrected chi connectivity index (χ3v) is 2.04. The molecule has 0 bridgehead atoms. The molecule has 0 aromatic rings. The molecule has 3 N–H and O–H groups in total. The number of hydrogen-bond donors (Lipinski definition) is 3. The van der Waals surface area contributed by atoms with E-state index in [-0.39, 0.29) is 0 Å². The van der Waals surface area contributed by atoms with Gasteiger partial charge in [-0.05, 0) is 25.6 Å². The summed E-state index contributed by atoms with van der Waals surface area (Å²) in [5.41, 5.74) is 0.248. The zero-order valence-electron chi connectivity index (χ0n) is 8.30. The van der Waals surface area contributed by atoms with Crippen molar-refractivity contribution >= 4 is 0 Å². The molecule has 0 aromatic heterocycles. The second-order valence-corrected chi connectivity index (χ2v) is 3.18. The summed E-state index contributed by atoms with van der Waals surface area (Å²) in [5, 5.41) is 16.1. The second kappa shape index (κ2) is 4.44. The molecule has 0 amide bonds. The van der Waals surface area contributed by atoms with Crippen LogP contribution in [0.3, 0.4) is 0 Å². The van der Waals surface area contributed by atoms with Gasteiger partial charge in [0.15, 0.2) is 0 Å². The van der Waals surface area contributed by atoms with Gasteiger partial charge in [0.05, 0.1) is 0 Å². The van der Waals surface area contributed by atoms with Crippen molar-refractivity contribution in [1.29, 1.82) is 0 Å². The molecular formula is C10H18N2O. The summed E-state index contributed by atoms with van der Waals surface area (Å²) in [6.45, 7) is 5.72. The highest BCUT2D eigenvalue weighted by Crippen LogP contribution is 2.16. The molecule has 0 aliphatic heterocycles. The molecule has 1 aliphatic carbocycles. The molecule has 0 radical (unpaired) electrons. The molecule has 0 saturated carbocycles. The molecule has 0 aromatic carbocycles. The Kier molecular flexibility index (Phi) is 3.51. The fourth-order valence-corrected chi connectivity index (χ4v) is 1.40. The fraction of sp³-hybridized carbons (Fsp3) is 0.600. The van der Waals surface area contributed by atoms with Crippen LogP contribution in [-0.2, 0) is 0 Å². The molecule has 3 nitrogen and oxygen atoms in total. The van der Waals surface area contributed by atoms with E-state index in [9.17, 15) is 5.11 Å². The summed E-state index contributed by atoms with van der Waals surface area (Å²) in [5.74, 6) is 0. The van der Waals surface area contributed by atoms with Gasteiger partial charge in [0.25, 0.3) is 0 Å². The maximum atomic E-state index is 9.89. The lowest BCUT2D eigenvalue weighted by molar-refractivity contribution is 0.0577. The zero-order valence-corrected chi connectivity index (χ0v) is 8.30. The van der Waals surface area contributed by atoms with E-state index in [2.05, 4.69) is 17.6 Å². The molecule has 0 heterocycles. The van der Waals surface area contributed by atoms with Gasteiger partial charge >= 0.3 is 0 Å². The first-order valence-electron chi connectivity index (χ1n) is 4.81. The quantitative estimate of drug-likeness (QED) is 0.562. The number of nitrogens with one attached hydrogen (secondary N) is 2. The van der Waals surface area contributed by atoms with Crippen LogP contribution in [0, 0.1) is 0 Å². The third-order valence-electron chi connectivity index (χ3n) is 2.04. The normalized spacial score (nSPS) is 27.2. The molecule has 1 aliphatic rings. The van der Waals surface area contributed by atoms with Gasteiger partial charge < -0.3 is 10.4 Å². The minimum atomic E-state index is -0.840. The monoisotopic (exact) mass is 182 g/mol. The molecule has 74 valence electrons. The predicted molar refractivity (Wildman–Crippen MR) is 54.1 cm³/mol. The Hall–Kier alpha value is -0.800. The van der Waals surface area contributed by atoms with Crippen LogP contribution in [0.15, 0.2) is 23.9 Å². The van der Waals surface area contributed by atoms with Gasteiger partial charge in [-0.25, -0.2) is 0 Å². The number of aliphatic hydroxyl groups is 1. The van der Waals surface area contributed by atoms with E-state index in [0.29, 0.717) is 6.42 Å². The number of likely N-dealkylation sites (N-methyl/N-ethyl adjacent to an activating group) is 2. The minimum Gasteiger partial charge on any atom is -0.386 e. The molecule has 0 fully saturated rings. The summed E-state index contributed by atoms with van der Waals surface area (Å²) in [4.78, 5) is 0. The average Bonchev–Trinajstić information content (AvgIpc) is 2.10. The summed E-state index contributed by atoms with van der Waals surface area (Å²) < 4.78 is 0. The molecule has 1 atom stereocenters. The Balaban J connectivity index is 2.51. The standard InChI is InChI=1S/C10H18N2O/c1-3-11-9-5-7-10(13,8-6-9)12-4-2/h5-7,11-13H,3-4,8H2,1-2H3.